The Hall–Kier alpha value is -0.330. The molecule has 4 nitrogen and oxygen atoms in total. The maximum atomic E-state index is 12.6. The van der Waals surface area contributed by atoms with E-state index in [1.54, 1.807) is 19.9 Å². The van der Waals surface area contributed by atoms with Crippen molar-refractivity contribution in [3.63, 3.8) is 0 Å². The summed E-state index contributed by atoms with van der Waals surface area (Å²) in [6.07, 6.45) is 0. The molecule has 0 spiro atoms. The molecule has 1 aromatic carbocycles. The molecule has 2 atom stereocenters. The average molecular weight is 335 g/mol. The van der Waals surface area contributed by atoms with Crippen LogP contribution in [0, 0.1) is 25.7 Å². The lowest BCUT2D eigenvalue weighted by Gasteiger charge is -2.15. The van der Waals surface area contributed by atoms with Crippen molar-refractivity contribution < 1.29 is 8.42 Å². The van der Waals surface area contributed by atoms with Crippen LogP contribution in [0.2, 0.25) is 10.0 Å². The van der Waals surface area contributed by atoms with Gasteiger partial charge in [-0.05, 0) is 56.0 Å². The number of hydrogen-bond donors (Lipinski definition) is 2. The molecule has 2 unspecified atom stereocenters. The van der Waals surface area contributed by atoms with E-state index in [-0.39, 0.29) is 16.0 Å². The van der Waals surface area contributed by atoms with Crippen molar-refractivity contribution in [3.8, 4) is 0 Å². The highest BCUT2D eigenvalue weighted by molar-refractivity contribution is 7.89. The zero-order valence-electron chi connectivity index (χ0n) is 11.2. The Kier molecular flexibility index (Phi) is 3.54. The molecular weight excluding hydrogens is 319 g/mol. The molecule has 1 aliphatic carbocycles. The number of sulfonamides is 1. The van der Waals surface area contributed by atoms with Gasteiger partial charge in [-0.15, -0.1) is 0 Å². The molecule has 1 heterocycles. The molecule has 1 saturated carbocycles. The topological polar surface area (TPSA) is 58.2 Å². The summed E-state index contributed by atoms with van der Waals surface area (Å²) in [7, 11) is -3.64. The van der Waals surface area contributed by atoms with Gasteiger partial charge < -0.3 is 5.32 Å². The highest BCUT2D eigenvalue weighted by Gasteiger charge is 2.54. The molecule has 2 aliphatic rings. The number of nitrogens with one attached hydrogen (secondary N) is 2. The van der Waals surface area contributed by atoms with Gasteiger partial charge in [-0.25, -0.2) is 13.1 Å². The van der Waals surface area contributed by atoms with Gasteiger partial charge in [-0.2, -0.15) is 0 Å². The van der Waals surface area contributed by atoms with Crippen molar-refractivity contribution in [2.45, 2.75) is 24.8 Å². The molecule has 2 N–H and O–H groups in total. The fourth-order valence-corrected chi connectivity index (χ4v) is 5.52. The van der Waals surface area contributed by atoms with E-state index in [4.69, 9.17) is 23.2 Å². The lowest BCUT2D eigenvalue weighted by atomic mass is 10.2. The Morgan fingerprint density at radius 1 is 1.25 bits per heavy atom. The standard InChI is InChI=1S/C13H16Cl2N2O2S/c1-6-3-10(14)7(2)13(11(6)15)20(18,19)17-12-8-4-16-5-9(8)12/h3,8-9,12,16-17H,4-5H2,1-2H3. The highest BCUT2D eigenvalue weighted by atomic mass is 35.5. The fourth-order valence-electron chi connectivity index (χ4n) is 2.96. The van der Waals surface area contributed by atoms with E-state index < -0.39 is 10.0 Å². The first-order chi connectivity index (χ1) is 9.33. The summed E-state index contributed by atoms with van der Waals surface area (Å²) in [6.45, 7) is 5.18. The highest BCUT2D eigenvalue weighted by Crippen LogP contribution is 2.43. The minimum atomic E-state index is -3.64. The Morgan fingerprint density at radius 2 is 1.85 bits per heavy atom. The minimum Gasteiger partial charge on any atom is -0.316 e. The van der Waals surface area contributed by atoms with Gasteiger partial charge in [-0.1, -0.05) is 23.2 Å². The van der Waals surface area contributed by atoms with Gasteiger partial charge in [-0.3, -0.25) is 0 Å². The van der Waals surface area contributed by atoms with Crippen LogP contribution in [0.5, 0.6) is 0 Å². The number of piperidine rings is 1. The molecule has 3 rings (SSSR count). The number of benzene rings is 1. The molecule has 1 saturated heterocycles. The molecule has 1 aromatic rings. The minimum absolute atomic E-state index is 0.0241. The zero-order valence-corrected chi connectivity index (χ0v) is 13.5. The fraction of sp³-hybridized carbons (Fsp3) is 0.538. The van der Waals surface area contributed by atoms with Crippen LogP contribution in [0.25, 0.3) is 0 Å². The summed E-state index contributed by atoms with van der Waals surface area (Å²) in [5, 5.41) is 3.91. The van der Waals surface area contributed by atoms with Crippen molar-refractivity contribution in [2.75, 3.05) is 13.1 Å². The SMILES string of the molecule is Cc1cc(Cl)c(C)c(S(=O)(=O)NC2C3CNCC32)c1Cl. The van der Waals surface area contributed by atoms with Crippen molar-refractivity contribution in [2.24, 2.45) is 11.8 Å². The largest absolute Gasteiger partial charge is 0.316 e. The van der Waals surface area contributed by atoms with Gasteiger partial charge in [0.1, 0.15) is 4.90 Å². The molecule has 0 amide bonds. The maximum absolute atomic E-state index is 12.6. The van der Waals surface area contributed by atoms with Crippen molar-refractivity contribution in [1.29, 1.82) is 0 Å². The van der Waals surface area contributed by atoms with E-state index in [0.29, 0.717) is 28.0 Å². The molecule has 0 radical (unpaired) electrons. The van der Waals surface area contributed by atoms with Crippen LogP contribution >= 0.6 is 23.2 Å². The molecule has 0 aromatic heterocycles. The van der Waals surface area contributed by atoms with Crippen molar-refractivity contribution >= 4 is 33.2 Å². The van der Waals surface area contributed by atoms with Crippen LogP contribution in [-0.2, 0) is 10.0 Å². The lowest BCUT2D eigenvalue weighted by Crippen LogP contribution is -2.33. The summed E-state index contributed by atoms with van der Waals surface area (Å²) in [6, 6.07) is 1.71. The van der Waals surface area contributed by atoms with Crippen LogP contribution < -0.4 is 10.0 Å². The van der Waals surface area contributed by atoms with Crippen LogP contribution in [0.1, 0.15) is 11.1 Å². The number of rotatable bonds is 3. The first-order valence-electron chi connectivity index (χ1n) is 6.51. The van der Waals surface area contributed by atoms with Crippen molar-refractivity contribution in [1.82, 2.24) is 10.0 Å². The van der Waals surface area contributed by atoms with Gasteiger partial charge in [0.05, 0.1) is 5.02 Å². The summed E-state index contributed by atoms with van der Waals surface area (Å²) in [4.78, 5) is 0.113. The molecule has 0 bridgehead atoms. The number of fused-ring (bicyclic) bond motifs is 1. The second kappa shape index (κ2) is 4.85. The molecule has 1 aliphatic heterocycles. The summed E-state index contributed by atoms with van der Waals surface area (Å²) >= 11 is 12.3. The van der Waals surface area contributed by atoms with Gasteiger partial charge in [0, 0.05) is 11.1 Å². The smallest absolute Gasteiger partial charge is 0.242 e. The Balaban J connectivity index is 1.95. The van der Waals surface area contributed by atoms with Crippen LogP contribution in [0.3, 0.4) is 0 Å². The van der Waals surface area contributed by atoms with E-state index in [1.165, 1.54) is 0 Å². The predicted octanol–water partition coefficient (Wildman–Crippen LogP) is 2.11. The van der Waals surface area contributed by atoms with Crippen LogP contribution in [0.15, 0.2) is 11.0 Å². The van der Waals surface area contributed by atoms with Gasteiger partial charge in [0.2, 0.25) is 10.0 Å². The van der Waals surface area contributed by atoms with Crippen LogP contribution in [0.4, 0.5) is 0 Å². The maximum Gasteiger partial charge on any atom is 0.242 e. The van der Waals surface area contributed by atoms with E-state index in [0.717, 1.165) is 13.1 Å². The Morgan fingerprint density at radius 3 is 2.45 bits per heavy atom. The number of hydrogen-bond acceptors (Lipinski definition) is 3. The summed E-state index contributed by atoms with van der Waals surface area (Å²) in [5.41, 5.74) is 1.17. The van der Waals surface area contributed by atoms with E-state index in [2.05, 4.69) is 10.0 Å². The van der Waals surface area contributed by atoms with Gasteiger partial charge in [0.15, 0.2) is 0 Å². The normalized spacial score (nSPS) is 28.5. The third-order valence-electron chi connectivity index (χ3n) is 4.24. The Bertz CT molecular complexity index is 639. The molecule has 2 fully saturated rings. The lowest BCUT2D eigenvalue weighted by molar-refractivity contribution is 0.564. The summed E-state index contributed by atoms with van der Waals surface area (Å²) in [5.74, 6) is 0.813. The van der Waals surface area contributed by atoms with E-state index in [1.807, 2.05) is 0 Å². The number of halogens is 2. The second-order valence-electron chi connectivity index (χ2n) is 5.58. The third kappa shape index (κ3) is 2.25. The van der Waals surface area contributed by atoms with Crippen molar-refractivity contribution in [3.05, 3.63) is 27.2 Å². The monoisotopic (exact) mass is 334 g/mol. The Labute approximate surface area is 128 Å². The molecular formula is C13H16Cl2N2O2S. The average Bonchev–Trinajstić information content (AvgIpc) is 2.80. The first kappa shape index (κ1) is 14.6. The first-order valence-corrected chi connectivity index (χ1v) is 8.75. The zero-order chi connectivity index (χ0) is 14.7. The van der Waals surface area contributed by atoms with E-state index >= 15 is 0 Å². The molecule has 7 heteroatoms. The van der Waals surface area contributed by atoms with Crippen LogP contribution in [-0.4, -0.2) is 27.5 Å². The quantitative estimate of drug-likeness (QED) is 0.889. The molecule has 20 heavy (non-hydrogen) atoms. The van der Waals surface area contributed by atoms with Gasteiger partial charge in [0.25, 0.3) is 0 Å². The van der Waals surface area contributed by atoms with Gasteiger partial charge >= 0.3 is 0 Å². The molecule has 110 valence electrons. The summed E-state index contributed by atoms with van der Waals surface area (Å²) < 4.78 is 27.9. The predicted molar refractivity (Wildman–Crippen MR) is 79.9 cm³/mol. The van der Waals surface area contributed by atoms with E-state index in [9.17, 15) is 8.42 Å². The number of aryl methyl sites for hydroxylation is 1. The second-order valence-corrected chi connectivity index (χ2v) is 8.01. The third-order valence-corrected chi connectivity index (χ3v) is 6.86.